The van der Waals surface area contributed by atoms with Crippen LogP contribution in [-0.4, -0.2) is 38.1 Å². The van der Waals surface area contributed by atoms with Crippen LogP contribution in [0.4, 0.5) is 4.39 Å². The maximum atomic E-state index is 13.6. The lowest BCUT2D eigenvalue weighted by Gasteiger charge is -2.48. The van der Waals surface area contributed by atoms with E-state index in [1.54, 1.807) is 0 Å². The minimum Gasteiger partial charge on any atom is -0.342 e. The molecule has 0 aromatic heterocycles. The molecule has 1 aromatic rings. The second kappa shape index (κ2) is 6.80. The number of azo groups is 1. The first-order valence-electron chi connectivity index (χ1n) is 10.5. The molecule has 1 N–H and O–H groups in total. The number of hydrogen-bond acceptors (Lipinski definition) is 6. The second-order valence-corrected chi connectivity index (χ2v) is 11.5. The quantitative estimate of drug-likeness (QED) is 0.756. The van der Waals surface area contributed by atoms with E-state index in [9.17, 15) is 17.6 Å². The molecule has 1 aromatic carbocycles. The molecule has 0 unspecified atom stereocenters. The Morgan fingerprint density at radius 1 is 1.16 bits per heavy atom. The fourth-order valence-corrected chi connectivity index (χ4v) is 6.98. The average Bonchev–Trinajstić information content (AvgIpc) is 3.16. The van der Waals surface area contributed by atoms with Crippen molar-refractivity contribution in [2.24, 2.45) is 21.1 Å². The summed E-state index contributed by atoms with van der Waals surface area (Å²) in [6.45, 7) is 5.09. The number of nitrogens with zero attached hydrogens (tertiary/aromatic N) is 3. The van der Waals surface area contributed by atoms with Crippen LogP contribution >= 0.6 is 0 Å². The van der Waals surface area contributed by atoms with Crippen LogP contribution in [0.25, 0.3) is 0 Å². The summed E-state index contributed by atoms with van der Waals surface area (Å²) in [5, 5.41) is 11.8. The van der Waals surface area contributed by atoms with E-state index in [1.165, 1.54) is 22.5 Å². The van der Waals surface area contributed by atoms with Crippen LogP contribution in [-0.2, 0) is 14.8 Å². The Bertz CT molecular complexity index is 1170. The van der Waals surface area contributed by atoms with Crippen molar-refractivity contribution in [1.82, 2.24) is 9.62 Å². The number of hydrogen-bond donors (Lipinski definition) is 1. The summed E-state index contributed by atoms with van der Waals surface area (Å²) in [5.74, 6) is 0.256. The standard InChI is InChI=1S/C22H25FN4O3S/c1-21(2)11-17-19(18(28)12-21)22(16-13-24-26-20(16)25-17)6-8-27(9-7-22)31(29,30)15-5-3-4-14(23)10-15/h3-5,10,25H,6-9,11-13H2,1-2H3. The predicted molar refractivity (Wildman–Crippen MR) is 112 cm³/mol. The van der Waals surface area contributed by atoms with E-state index in [1.807, 2.05) is 0 Å². The van der Waals surface area contributed by atoms with Gasteiger partial charge in [0, 0.05) is 41.8 Å². The monoisotopic (exact) mass is 444 g/mol. The highest BCUT2D eigenvalue weighted by Gasteiger charge is 2.53. The van der Waals surface area contributed by atoms with Crippen molar-refractivity contribution in [2.45, 2.75) is 44.4 Å². The van der Waals surface area contributed by atoms with Gasteiger partial charge in [-0.1, -0.05) is 19.9 Å². The molecular weight excluding hydrogens is 419 g/mol. The fourth-order valence-electron chi connectivity index (χ4n) is 5.50. The number of nitrogens with one attached hydrogen (secondary N) is 1. The van der Waals surface area contributed by atoms with Crippen molar-refractivity contribution < 1.29 is 17.6 Å². The highest BCUT2D eigenvalue weighted by atomic mass is 32.2. The fraction of sp³-hybridized carbons (Fsp3) is 0.500. The molecule has 9 heteroatoms. The van der Waals surface area contributed by atoms with E-state index < -0.39 is 21.3 Å². The number of rotatable bonds is 2. The maximum Gasteiger partial charge on any atom is 0.243 e. The number of allylic oxidation sites excluding steroid dienone is 2. The molecule has 0 bridgehead atoms. The lowest BCUT2D eigenvalue weighted by atomic mass is 9.60. The van der Waals surface area contributed by atoms with Crippen molar-refractivity contribution >= 4 is 15.8 Å². The zero-order valence-corrected chi connectivity index (χ0v) is 18.4. The highest BCUT2D eigenvalue weighted by Crippen LogP contribution is 2.55. The summed E-state index contributed by atoms with van der Waals surface area (Å²) in [5.41, 5.74) is 2.00. The molecule has 1 fully saturated rings. The minimum absolute atomic E-state index is 0.0464. The minimum atomic E-state index is -3.81. The Hall–Kier alpha value is -2.39. The van der Waals surface area contributed by atoms with E-state index >= 15 is 0 Å². The lowest BCUT2D eigenvalue weighted by molar-refractivity contribution is -0.119. The van der Waals surface area contributed by atoms with Gasteiger partial charge in [-0.2, -0.15) is 9.42 Å². The average molecular weight is 445 g/mol. The first kappa shape index (κ1) is 20.5. The van der Waals surface area contributed by atoms with Gasteiger partial charge >= 0.3 is 0 Å². The number of carbonyl (C=O) groups excluding carboxylic acids is 1. The predicted octanol–water partition coefficient (Wildman–Crippen LogP) is 3.52. The van der Waals surface area contributed by atoms with Crippen molar-refractivity contribution in [3.63, 3.8) is 0 Å². The number of piperidine rings is 1. The Balaban J connectivity index is 1.50. The number of sulfonamides is 1. The molecule has 164 valence electrons. The van der Waals surface area contributed by atoms with E-state index in [0.29, 0.717) is 31.6 Å². The molecule has 31 heavy (non-hydrogen) atoms. The number of ketones is 1. The van der Waals surface area contributed by atoms with Crippen LogP contribution in [0, 0.1) is 16.6 Å². The summed E-state index contributed by atoms with van der Waals surface area (Å²) >= 11 is 0. The Kier molecular flexibility index (Phi) is 4.50. The molecule has 1 saturated heterocycles. The van der Waals surface area contributed by atoms with Crippen molar-refractivity contribution in [3.05, 3.63) is 52.7 Å². The molecule has 1 spiro atoms. The van der Waals surface area contributed by atoms with Gasteiger partial charge in [-0.25, -0.2) is 12.8 Å². The molecule has 4 aliphatic rings. The smallest absolute Gasteiger partial charge is 0.243 e. The third-order valence-corrected chi connectivity index (χ3v) is 8.79. The maximum absolute atomic E-state index is 13.6. The summed E-state index contributed by atoms with van der Waals surface area (Å²) in [6.07, 6.45) is 2.18. The largest absolute Gasteiger partial charge is 0.342 e. The van der Waals surface area contributed by atoms with Crippen LogP contribution in [0.3, 0.4) is 0 Å². The zero-order valence-electron chi connectivity index (χ0n) is 17.6. The molecule has 0 amide bonds. The van der Waals surface area contributed by atoms with Gasteiger partial charge in [-0.15, -0.1) is 5.11 Å². The third-order valence-electron chi connectivity index (χ3n) is 6.90. The van der Waals surface area contributed by atoms with Gasteiger partial charge in [0.25, 0.3) is 0 Å². The first-order valence-corrected chi connectivity index (χ1v) is 12.0. The second-order valence-electron chi connectivity index (χ2n) is 9.59. The Labute approximate surface area is 181 Å². The van der Waals surface area contributed by atoms with Gasteiger partial charge in [0.15, 0.2) is 11.6 Å². The van der Waals surface area contributed by atoms with Gasteiger partial charge in [0.1, 0.15) is 5.82 Å². The first-order chi connectivity index (χ1) is 14.6. The lowest BCUT2D eigenvalue weighted by Crippen LogP contribution is -2.50. The van der Waals surface area contributed by atoms with E-state index in [4.69, 9.17) is 0 Å². The third kappa shape index (κ3) is 3.17. The molecule has 7 nitrogen and oxygen atoms in total. The molecule has 0 radical (unpaired) electrons. The molecule has 5 rings (SSSR count). The molecule has 0 saturated carbocycles. The highest BCUT2D eigenvalue weighted by molar-refractivity contribution is 7.89. The number of carbonyl (C=O) groups is 1. The number of benzene rings is 1. The SMILES string of the molecule is CC1(C)CC(=O)C2=C(C1)NC1=C(CN=N1)C21CCN(S(=O)(=O)c2cccc(F)c2)CC1. The number of fused-ring (bicyclic) bond motifs is 2. The molecule has 3 aliphatic heterocycles. The van der Waals surface area contributed by atoms with E-state index in [-0.39, 0.29) is 29.2 Å². The van der Waals surface area contributed by atoms with Crippen molar-refractivity contribution in [3.8, 4) is 0 Å². The van der Waals surface area contributed by atoms with Crippen LogP contribution in [0.5, 0.6) is 0 Å². The molecule has 0 atom stereocenters. The molecule has 1 aliphatic carbocycles. The van der Waals surface area contributed by atoms with Crippen molar-refractivity contribution in [1.29, 1.82) is 0 Å². The van der Waals surface area contributed by atoms with Crippen LogP contribution in [0.2, 0.25) is 0 Å². The van der Waals surface area contributed by atoms with Crippen LogP contribution in [0.15, 0.2) is 62.1 Å². The number of halogens is 1. The Morgan fingerprint density at radius 2 is 1.90 bits per heavy atom. The normalized spacial score (nSPS) is 24.9. The number of dihydropyridines is 1. The van der Waals surface area contributed by atoms with Gasteiger partial charge in [-0.3, -0.25) is 4.79 Å². The Morgan fingerprint density at radius 3 is 2.61 bits per heavy atom. The summed E-state index contributed by atoms with van der Waals surface area (Å²) < 4.78 is 41.2. The summed E-state index contributed by atoms with van der Waals surface area (Å²) in [6, 6.07) is 5.09. The molecular formula is C22H25FN4O3S. The zero-order chi connectivity index (χ0) is 22.0. The van der Waals surface area contributed by atoms with Crippen LogP contribution in [0.1, 0.15) is 39.5 Å². The summed E-state index contributed by atoms with van der Waals surface area (Å²) in [4.78, 5) is 13.2. The van der Waals surface area contributed by atoms with Gasteiger partial charge < -0.3 is 5.32 Å². The van der Waals surface area contributed by atoms with Gasteiger partial charge in [-0.05, 0) is 42.9 Å². The van der Waals surface area contributed by atoms with Gasteiger partial charge in [0.05, 0.1) is 11.4 Å². The van der Waals surface area contributed by atoms with Crippen molar-refractivity contribution in [2.75, 3.05) is 19.6 Å². The van der Waals surface area contributed by atoms with Crippen LogP contribution < -0.4 is 5.32 Å². The number of Topliss-reactive ketones (excluding diaryl/α,β-unsaturated/α-hetero) is 1. The summed E-state index contributed by atoms with van der Waals surface area (Å²) in [7, 11) is -3.81. The van der Waals surface area contributed by atoms with E-state index in [0.717, 1.165) is 29.3 Å². The van der Waals surface area contributed by atoms with E-state index in [2.05, 4.69) is 29.4 Å². The molecule has 3 heterocycles. The van der Waals surface area contributed by atoms with Gasteiger partial charge in [0.2, 0.25) is 10.0 Å². The topological polar surface area (TPSA) is 91.2 Å².